The van der Waals surface area contributed by atoms with E-state index in [-0.39, 0.29) is 0 Å². The molecule has 7 heteroatoms. The first-order valence-electron chi connectivity index (χ1n) is 9.98. The van der Waals surface area contributed by atoms with Crippen molar-refractivity contribution in [1.29, 1.82) is 0 Å². The summed E-state index contributed by atoms with van der Waals surface area (Å²) in [6.45, 7) is 10.4. The van der Waals surface area contributed by atoms with Gasteiger partial charge in [-0.15, -0.1) is 0 Å². The smallest absolute Gasteiger partial charge is 0.203 e. The molecule has 0 saturated carbocycles. The summed E-state index contributed by atoms with van der Waals surface area (Å²) in [5.41, 5.74) is 1.06. The quantitative estimate of drug-likeness (QED) is 0.525. The molecule has 1 fully saturated rings. The Hall–Kier alpha value is -1.76. The van der Waals surface area contributed by atoms with Crippen LogP contribution in [0.5, 0.6) is 17.2 Å². The lowest BCUT2D eigenvalue weighted by Gasteiger charge is -2.36. The molecular formula is C21H35N3O3S. The molecule has 0 bridgehead atoms. The molecule has 1 heterocycles. The number of aliphatic imine (C=N–C) groups is 1. The Balaban J connectivity index is 2.12. The van der Waals surface area contributed by atoms with Gasteiger partial charge in [0.1, 0.15) is 0 Å². The van der Waals surface area contributed by atoms with Crippen LogP contribution in [-0.2, 0) is 6.42 Å². The number of benzene rings is 1. The Bertz CT molecular complexity index is 652. The summed E-state index contributed by atoms with van der Waals surface area (Å²) >= 11 is 2.08. The summed E-state index contributed by atoms with van der Waals surface area (Å²) in [6.07, 6.45) is 0.772. The molecule has 0 radical (unpaired) electrons. The van der Waals surface area contributed by atoms with E-state index in [2.05, 4.69) is 42.7 Å². The first kappa shape index (κ1) is 22.5. The van der Waals surface area contributed by atoms with Crippen LogP contribution in [0.15, 0.2) is 17.1 Å². The average Bonchev–Trinajstić information content (AvgIpc) is 2.72. The van der Waals surface area contributed by atoms with Crippen LogP contribution in [0, 0.1) is 5.92 Å². The number of nitrogens with zero attached hydrogens (tertiary/aromatic N) is 2. The largest absolute Gasteiger partial charge is 0.493 e. The van der Waals surface area contributed by atoms with Crippen LogP contribution in [0.25, 0.3) is 0 Å². The van der Waals surface area contributed by atoms with Crippen molar-refractivity contribution in [2.45, 2.75) is 32.4 Å². The summed E-state index contributed by atoms with van der Waals surface area (Å²) in [5.74, 6) is 4.85. The minimum Gasteiger partial charge on any atom is -0.493 e. The van der Waals surface area contributed by atoms with Crippen molar-refractivity contribution in [1.82, 2.24) is 10.2 Å². The normalized spacial score (nSPS) is 17.6. The van der Waals surface area contributed by atoms with Crippen molar-refractivity contribution >= 4 is 17.7 Å². The molecule has 0 spiro atoms. The summed E-state index contributed by atoms with van der Waals surface area (Å²) in [4.78, 5) is 7.29. The van der Waals surface area contributed by atoms with Gasteiger partial charge in [-0.3, -0.25) is 4.99 Å². The highest BCUT2D eigenvalue weighted by Gasteiger charge is 2.25. The topological polar surface area (TPSA) is 55.3 Å². The molecule has 0 aliphatic carbocycles. The van der Waals surface area contributed by atoms with Gasteiger partial charge in [0, 0.05) is 42.7 Å². The standard InChI is InChI=1S/C21H35N3O3S/c1-7-22-21(24-12-13-28-18(14-24)15(2)3)23-11-10-16-8-9-17(25-4)20(27-6)19(16)26-5/h8-9,15,18H,7,10-14H2,1-6H3,(H,22,23). The summed E-state index contributed by atoms with van der Waals surface area (Å²) in [5, 5.41) is 4.11. The van der Waals surface area contributed by atoms with Gasteiger partial charge in [0.2, 0.25) is 5.75 Å². The Morgan fingerprint density at radius 2 is 1.96 bits per heavy atom. The summed E-state index contributed by atoms with van der Waals surface area (Å²) < 4.78 is 16.4. The molecule has 2 rings (SSSR count). The summed E-state index contributed by atoms with van der Waals surface area (Å²) in [7, 11) is 4.92. The first-order valence-corrected chi connectivity index (χ1v) is 11.0. The van der Waals surface area contributed by atoms with Crippen LogP contribution in [0.2, 0.25) is 0 Å². The first-order chi connectivity index (χ1) is 13.5. The van der Waals surface area contributed by atoms with Crippen LogP contribution in [0.3, 0.4) is 0 Å². The molecule has 158 valence electrons. The number of thioether (sulfide) groups is 1. The monoisotopic (exact) mass is 409 g/mol. The van der Waals surface area contributed by atoms with Gasteiger partial charge in [-0.05, 0) is 25.3 Å². The molecule has 0 amide bonds. The number of hydrogen-bond acceptors (Lipinski definition) is 5. The SMILES string of the molecule is CCNC(=NCCc1ccc(OC)c(OC)c1OC)N1CCSC(C(C)C)C1. The highest BCUT2D eigenvalue weighted by atomic mass is 32.2. The second-order valence-corrected chi connectivity index (χ2v) is 8.43. The second kappa shape index (κ2) is 11.3. The van der Waals surface area contributed by atoms with E-state index in [9.17, 15) is 0 Å². The number of rotatable bonds is 8. The maximum atomic E-state index is 5.59. The van der Waals surface area contributed by atoms with Crippen molar-refractivity contribution in [3.05, 3.63) is 17.7 Å². The van der Waals surface area contributed by atoms with E-state index in [0.717, 1.165) is 49.1 Å². The molecule has 28 heavy (non-hydrogen) atoms. The van der Waals surface area contributed by atoms with Gasteiger partial charge in [0.15, 0.2) is 17.5 Å². The van der Waals surface area contributed by atoms with Crippen LogP contribution in [0.1, 0.15) is 26.3 Å². The fourth-order valence-corrected chi connectivity index (χ4v) is 4.64. The number of hydrogen-bond donors (Lipinski definition) is 1. The molecule has 1 saturated heterocycles. The fraction of sp³-hybridized carbons (Fsp3) is 0.667. The van der Waals surface area contributed by atoms with Gasteiger partial charge in [-0.1, -0.05) is 19.9 Å². The lowest BCUT2D eigenvalue weighted by molar-refractivity contribution is 0.322. The van der Waals surface area contributed by atoms with Gasteiger partial charge >= 0.3 is 0 Å². The van der Waals surface area contributed by atoms with Crippen LogP contribution < -0.4 is 19.5 Å². The molecule has 1 unspecified atom stereocenters. The highest BCUT2D eigenvalue weighted by molar-refractivity contribution is 8.00. The zero-order chi connectivity index (χ0) is 20.5. The van der Waals surface area contributed by atoms with E-state index in [4.69, 9.17) is 19.2 Å². The third-order valence-electron chi connectivity index (χ3n) is 4.90. The third kappa shape index (κ3) is 5.63. The predicted molar refractivity (Wildman–Crippen MR) is 118 cm³/mol. The summed E-state index contributed by atoms with van der Waals surface area (Å²) in [6, 6.07) is 3.94. The number of methoxy groups -OCH3 is 3. The lowest BCUT2D eigenvalue weighted by Crippen LogP contribution is -2.49. The maximum absolute atomic E-state index is 5.59. The molecule has 0 aromatic heterocycles. The van der Waals surface area contributed by atoms with Gasteiger partial charge < -0.3 is 24.4 Å². The third-order valence-corrected chi connectivity index (χ3v) is 6.44. The van der Waals surface area contributed by atoms with E-state index in [0.29, 0.717) is 29.2 Å². The van der Waals surface area contributed by atoms with Crippen molar-refractivity contribution in [2.75, 3.05) is 53.3 Å². The van der Waals surface area contributed by atoms with E-state index >= 15 is 0 Å². The highest BCUT2D eigenvalue weighted by Crippen LogP contribution is 2.39. The van der Waals surface area contributed by atoms with E-state index in [1.807, 2.05) is 12.1 Å². The molecule has 1 N–H and O–H groups in total. The van der Waals surface area contributed by atoms with E-state index in [1.165, 1.54) is 0 Å². The average molecular weight is 410 g/mol. The minimum atomic E-state index is 0.631. The fourth-order valence-electron chi connectivity index (χ4n) is 3.34. The molecule has 1 aliphatic heterocycles. The van der Waals surface area contributed by atoms with Gasteiger partial charge in [0.05, 0.1) is 21.3 Å². The second-order valence-electron chi connectivity index (χ2n) is 7.08. The van der Waals surface area contributed by atoms with Crippen molar-refractivity contribution in [3.8, 4) is 17.2 Å². The van der Waals surface area contributed by atoms with Crippen LogP contribution in [0.4, 0.5) is 0 Å². The minimum absolute atomic E-state index is 0.631. The van der Waals surface area contributed by atoms with E-state index in [1.54, 1.807) is 21.3 Å². The molecule has 6 nitrogen and oxygen atoms in total. The van der Waals surface area contributed by atoms with Crippen molar-refractivity contribution in [3.63, 3.8) is 0 Å². The number of nitrogens with one attached hydrogen (secondary N) is 1. The molecular weight excluding hydrogens is 374 g/mol. The Morgan fingerprint density at radius 1 is 1.21 bits per heavy atom. The van der Waals surface area contributed by atoms with Crippen LogP contribution >= 0.6 is 11.8 Å². The van der Waals surface area contributed by atoms with Gasteiger partial charge in [-0.2, -0.15) is 11.8 Å². The number of ether oxygens (including phenoxy) is 3. The molecule has 1 aromatic carbocycles. The van der Waals surface area contributed by atoms with Gasteiger partial charge in [-0.25, -0.2) is 0 Å². The zero-order valence-corrected chi connectivity index (χ0v) is 18.9. The zero-order valence-electron chi connectivity index (χ0n) is 18.1. The lowest BCUT2D eigenvalue weighted by atomic mass is 10.1. The molecule has 1 aliphatic rings. The van der Waals surface area contributed by atoms with E-state index < -0.39 is 0 Å². The maximum Gasteiger partial charge on any atom is 0.203 e. The Kier molecular flexibility index (Phi) is 9.09. The Morgan fingerprint density at radius 3 is 2.57 bits per heavy atom. The predicted octanol–water partition coefficient (Wildman–Crippen LogP) is 3.29. The van der Waals surface area contributed by atoms with Gasteiger partial charge in [0.25, 0.3) is 0 Å². The number of guanidine groups is 1. The van der Waals surface area contributed by atoms with Crippen molar-refractivity contribution < 1.29 is 14.2 Å². The van der Waals surface area contributed by atoms with Crippen molar-refractivity contribution in [2.24, 2.45) is 10.9 Å². The molecule has 1 atom stereocenters. The Labute approximate surface area is 174 Å². The van der Waals surface area contributed by atoms with Crippen LogP contribution in [-0.4, -0.2) is 69.4 Å². The molecule has 1 aromatic rings.